The van der Waals surface area contributed by atoms with Gasteiger partial charge in [0.15, 0.2) is 0 Å². The first kappa shape index (κ1) is 17.9. The van der Waals surface area contributed by atoms with Crippen molar-refractivity contribution in [1.82, 2.24) is 24.6 Å². The fourth-order valence-corrected chi connectivity index (χ4v) is 2.97. The highest BCUT2D eigenvalue weighted by Gasteiger charge is 2.24. The molecule has 2 heterocycles. The maximum absolute atomic E-state index is 12.5. The van der Waals surface area contributed by atoms with Gasteiger partial charge in [0, 0.05) is 44.7 Å². The zero-order valence-electron chi connectivity index (χ0n) is 14.9. The zero-order chi connectivity index (χ0) is 18.4. The Morgan fingerprint density at radius 2 is 1.77 bits per heavy atom. The van der Waals surface area contributed by atoms with Gasteiger partial charge in [0.1, 0.15) is 18.4 Å². The van der Waals surface area contributed by atoms with E-state index in [0.717, 1.165) is 12.2 Å². The molecule has 0 bridgehead atoms. The Balaban J connectivity index is 1.44. The second-order valence-corrected chi connectivity index (χ2v) is 6.16. The van der Waals surface area contributed by atoms with E-state index in [1.54, 1.807) is 47.3 Å². The van der Waals surface area contributed by atoms with E-state index in [0.29, 0.717) is 44.7 Å². The van der Waals surface area contributed by atoms with Crippen molar-refractivity contribution in [1.29, 1.82) is 0 Å². The minimum absolute atomic E-state index is 0.00839. The first-order valence-corrected chi connectivity index (χ1v) is 8.71. The molecule has 1 saturated heterocycles. The number of piperazine rings is 1. The normalized spacial score (nSPS) is 14.3. The van der Waals surface area contributed by atoms with E-state index in [-0.39, 0.29) is 11.8 Å². The van der Waals surface area contributed by atoms with Gasteiger partial charge in [0.2, 0.25) is 5.91 Å². The van der Waals surface area contributed by atoms with Gasteiger partial charge in [-0.25, -0.2) is 4.98 Å². The molecule has 3 rings (SSSR count). The van der Waals surface area contributed by atoms with E-state index in [9.17, 15) is 9.59 Å². The van der Waals surface area contributed by atoms with Gasteiger partial charge in [-0.05, 0) is 30.7 Å². The fraction of sp³-hybridized carbons (Fsp3) is 0.444. The number of aromatic nitrogens is 3. The first-order valence-electron chi connectivity index (χ1n) is 8.71. The molecule has 2 aromatic rings. The second kappa shape index (κ2) is 8.46. The summed E-state index contributed by atoms with van der Waals surface area (Å²) in [5.41, 5.74) is 0.637. The summed E-state index contributed by atoms with van der Waals surface area (Å²) in [6.07, 6.45) is 4.34. The standard InChI is InChI=1S/C18H23N5O3/c1-26-16-6-4-15(5-7-16)18(25)22-11-9-21(10-12-22)17(24)3-2-8-23-14-19-13-20-23/h4-7,13-14H,2-3,8-12H2,1H3. The van der Waals surface area contributed by atoms with Gasteiger partial charge in [-0.2, -0.15) is 5.10 Å². The van der Waals surface area contributed by atoms with Crippen molar-refractivity contribution in [3.8, 4) is 5.75 Å². The number of aryl methyl sites for hydroxylation is 1. The van der Waals surface area contributed by atoms with E-state index in [2.05, 4.69) is 10.1 Å². The lowest BCUT2D eigenvalue weighted by Crippen LogP contribution is -2.50. The molecule has 0 radical (unpaired) electrons. The summed E-state index contributed by atoms with van der Waals surface area (Å²) in [6, 6.07) is 7.09. The average molecular weight is 357 g/mol. The van der Waals surface area contributed by atoms with Crippen molar-refractivity contribution in [2.75, 3.05) is 33.3 Å². The second-order valence-electron chi connectivity index (χ2n) is 6.16. The summed E-state index contributed by atoms with van der Waals surface area (Å²) in [5, 5.41) is 4.02. The fourth-order valence-electron chi connectivity index (χ4n) is 2.97. The van der Waals surface area contributed by atoms with E-state index < -0.39 is 0 Å². The van der Waals surface area contributed by atoms with Gasteiger partial charge in [-0.1, -0.05) is 0 Å². The third-order valence-corrected chi connectivity index (χ3v) is 4.50. The van der Waals surface area contributed by atoms with Crippen LogP contribution in [0.1, 0.15) is 23.2 Å². The van der Waals surface area contributed by atoms with E-state index >= 15 is 0 Å². The van der Waals surface area contributed by atoms with Crippen LogP contribution < -0.4 is 4.74 Å². The van der Waals surface area contributed by atoms with Crippen LogP contribution in [0.25, 0.3) is 0 Å². The van der Waals surface area contributed by atoms with Crippen molar-refractivity contribution in [2.45, 2.75) is 19.4 Å². The molecule has 26 heavy (non-hydrogen) atoms. The SMILES string of the molecule is COc1ccc(C(=O)N2CCN(C(=O)CCCn3cncn3)CC2)cc1. The molecular formula is C18H23N5O3. The summed E-state index contributed by atoms with van der Waals surface area (Å²) >= 11 is 0. The topological polar surface area (TPSA) is 80.6 Å². The number of nitrogens with zero attached hydrogens (tertiary/aromatic N) is 5. The Labute approximate surface area is 152 Å². The van der Waals surface area contributed by atoms with Crippen LogP contribution in [0.15, 0.2) is 36.9 Å². The highest BCUT2D eigenvalue weighted by atomic mass is 16.5. The summed E-state index contributed by atoms with van der Waals surface area (Å²) in [6.45, 7) is 2.94. The Morgan fingerprint density at radius 1 is 1.08 bits per heavy atom. The largest absolute Gasteiger partial charge is 0.497 e. The Kier molecular flexibility index (Phi) is 5.83. The lowest BCUT2D eigenvalue weighted by Gasteiger charge is -2.35. The Morgan fingerprint density at radius 3 is 2.38 bits per heavy atom. The molecule has 0 spiro atoms. The number of hydrogen-bond acceptors (Lipinski definition) is 5. The van der Waals surface area contributed by atoms with E-state index in [1.165, 1.54) is 6.33 Å². The molecule has 0 saturated carbocycles. The van der Waals surface area contributed by atoms with Crippen LogP contribution in [0.5, 0.6) is 5.75 Å². The van der Waals surface area contributed by atoms with Crippen LogP contribution >= 0.6 is 0 Å². The highest BCUT2D eigenvalue weighted by molar-refractivity contribution is 5.94. The van der Waals surface area contributed by atoms with Gasteiger partial charge in [-0.15, -0.1) is 0 Å². The average Bonchev–Trinajstić information content (AvgIpc) is 3.21. The van der Waals surface area contributed by atoms with Crippen LogP contribution in [0, 0.1) is 0 Å². The first-order chi connectivity index (χ1) is 12.7. The minimum Gasteiger partial charge on any atom is -0.497 e. The third-order valence-electron chi connectivity index (χ3n) is 4.50. The summed E-state index contributed by atoms with van der Waals surface area (Å²) < 4.78 is 6.83. The monoisotopic (exact) mass is 357 g/mol. The molecule has 1 fully saturated rings. The molecule has 1 aliphatic rings. The number of carbonyl (C=O) groups excluding carboxylic acids is 2. The molecule has 138 valence electrons. The van der Waals surface area contributed by atoms with Crippen LogP contribution in [-0.2, 0) is 11.3 Å². The number of carbonyl (C=O) groups is 2. The van der Waals surface area contributed by atoms with E-state index in [1.807, 2.05) is 4.90 Å². The van der Waals surface area contributed by atoms with Crippen molar-refractivity contribution in [3.05, 3.63) is 42.5 Å². The lowest BCUT2D eigenvalue weighted by atomic mass is 10.1. The molecule has 1 aromatic carbocycles. The van der Waals surface area contributed by atoms with Crippen LogP contribution in [0.2, 0.25) is 0 Å². The van der Waals surface area contributed by atoms with Gasteiger partial charge in [0.25, 0.3) is 5.91 Å². The quantitative estimate of drug-likeness (QED) is 0.772. The van der Waals surface area contributed by atoms with E-state index in [4.69, 9.17) is 4.74 Å². The molecule has 0 N–H and O–H groups in total. The Bertz CT molecular complexity index is 722. The predicted octanol–water partition coefficient (Wildman–Crippen LogP) is 1.05. The highest BCUT2D eigenvalue weighted by Crippen LogP contribution is 2.14. The van der Waals surface area contributed by atoms with Crippen molar-refractivity contribution in [2.24, 2.45) is 0 Å². The smallest absolute Gasteiger partial charge is 0.253 e. The number of rotatable bonds is 6. The summed E-state index contributed by atoms with van der Waals surface area (Å²) in [5.74, 6) is 0.843. The van der Waals surface area contributed by atoms with Gasteiger partial charge < -0.3 is 14.5 Å². The van der Waals surface area contributed by atoms with Gasteiger partial charge in [0.05, 0.1) is 7.11 Å². The van der Waals surface area contributed by atoms with Crippen LogP contribution in [0.3, 0.4) is 0 Å². The summed E-state index contributed by atoms with van der Waals surface area (Å²) in [4.78, 5) is 32.4. The minimum atomic E-state index is -0.00839. The van der Waals surface area contributed by atoms with Crippen molar-refractivity contribution >= 4 is 11.8 Å². The van der Waals surface area contributed by atoms with Crippen molar-refractivity contribution < 1.29 is 14.3 Å². The molecule has 0 unspecified atom stereocenters. The number of hydrogen-bond donors (Lipinski definition) is 0. The molecule has 0 aliphatic carbocycles. The van der Waals surface area contributed by atoms with Gasteiger partial charge in [-0.3, -0.25) is 14.3 Å². The number of amides is 2. The van der Waals surface area contributed by atoms with Crippen LogP contribution in [-0.4, -0.2) is 69.7 Å². The summed E-state index contributed by atoms with van der Waals surface area (Å²) in [7, 11) is 1.60. The Hall–Kier alpha value is -2.90. The van der Waals surface area contributed by atoms with Crippen molar-refractivity contribution in [3.63, 3.8) is 0 Å². The number of ether oxygens (including phenoxy) is 1. The molecule has 8 nitrogen and oxygen atoms in total. The third kappa shape index (κ3) is 4.38. The molecule has 1 aromatic heterocycles. The maximum atomic E-state index is 12.5. The molecule has 2 amide bonds. The number of benzene rings is 1. The molecule has 1 aliphatic heterocycles. The molecular weight excluding hydrogens is 334 g/mol. The molecule has 8 heteroatoms. The lowest BCUT2D eigenvalue weighted by molar-refractivity contribution is -0.132. The zero-order valence-corrected chi connectivity index (χ0v) is 14.9. The van der Waals surface area contributed by atoms with Crippen LogP contribution in [0.4, 0.5) is 0 Å². The predicted molar refractivity (Wildman–Crippen MR) is 94.7 cm³/mol. The maximum Gasteiger partial charge on any atom is 0.253 e. The molecule has 0 atom stereocenters. The van der Waals surface area contributed by atoms with Gasteiger partial charge >= 0.3 is 0 Å². The number of methoxy groups -OCH3 is 1.